The third kappa shape index (κ3) is 1.44. The van der Waals surface area contributed by atoms with Crippen molar-refractivity contribution in [1.29, 1.82) is 0 Å². The van der Waals surface area contributed by atoms with Crippen molar-refractivity contribution >= 4 is 0 Å². The van der Waals surface area contributed by atoms with Gasteiger partial charge in [-0.05, 0) is 18.7 Å². The van der Waals surface area contributed by atoms with Crippen LogP contribution in [0.2, 0.25) is 0 Å². The molecule has 2 heterocycles. The van der Waals surface area contributed by atoms with E-state index in [-0.39, 0.29) is 0 Å². The Morgan fingerprint density at radius 2 is 2.43 bits per heavy atom. The van der Waals surface area contributed by atoms with E-state index in [1.54, 1.807) is 0 Å². The minimum absolute atomic E-state index is 0.630. The summed E-state index contributed by atoms with van der Waals surface area (Å²) in [6.07, 6.45) is 4.55. The van der Waals surface area contributed by atoms with Crippen LogP contribution in [0.5, 0.6) is 0 Å². The number of H-pyrrole nitrogens is 1. The lowest BCUT2D eigenvalue weighted by Gasteiger charge is -2.02. The molecule has 0 aliphatic carbocycles. The smallest absolute Gasteiger partial charge is 0.0952 e. The van der Waals surface area contributed by atoms with Crippen molar-refractivity contribution in [2.24, 2.45) is 12.8 Å². The van der Waals surface area contributed by atoms with Crippen LogP contribution >= 0.6 is 0 Å². The van der Waals surface area contributed by atoms with Gasteiger partial charge in [-0.1, -0.05) is 0 Å². The molecule has 0 aliphatic rings. The predicted octanol–water partition coefficient (Wildman–Crippen LogP) is 0.916. The van der Waals surface area contributed by atoms with Crippen molar-refractivity contribution in [3.05, 3.63) is 30.4 Å². The van der Waals surface area contributed by atoms with Crippen molar-refractivity contribution < 1.29 is 0 Å². The predicted molar refractivity (Wildman–Crippen MR) is 55.8 cm³/mol. The number of hydrogen-bond acceptors (Lipinski definition) is 2. The molecule has 74 valence electrons. The molecule has 2 aromatic rings. The van der Waals surface area contributed by atoms with E-state index in [2.05, 4.69) is 9.97 Å². The summed E-state index contributed by atoms with van der Waals surface area (Å²) >= 11 is 0. The summed E-state index contributed by atoms with van der Waals surface area (Å²) in [6.45, 7) is 0.630. The summed E-state index contributed by atoms with van der Waals surface area (Å²) in [5.74, 6) is 0. The number of aromatic amines is 1. The number of nitrogens with zero attached hydrogens (tertiary/aromatic N) is 2. The van der Waals surface area contributed by atoms with Crippen LogP contribution in [0, 0.1) is 0 Å². The molecule has 0 radical (unpaired) electrons. The molecular weight excluding hydrogens is 176 g/mol. The lowest BCUT2D eigenvalue weighted by Crippen LogP contribution is -2.04. The van der Waals surface area contributed by atoms with E-state index in [9.17, 15) is 0 Å². The topological polar surface area (TPSA) is 59.6 Å². The maximum atomic E-state index is 5.53. The summed E-state index contributed by atoms with van der Waals surface area (Å²) in [6, 6.07) is 4.02. The number of nitrogens with one attached hydrogen (secondary N) is 1. The molecule has 3 N–H and O–H groups in total. The third-order valence-corrected chi connectivity index (χ3v) is 2.25. The number of rotatable bonds is 3. The molecule has 0 aliphatic heterocycles. The summed E-state index contributed by atoms with van der Waals surface area (Å²) in [4.78, 5) is 7.50. The lowest BCUT2D eigenvalue weighted by molar-refractivity contribution is 0.912. The van der Waals surface area contributed by atoms with Crippen LogP contribution in [0.3, 0.4) is 0 Å². The molecule has 0 saturated carbocycles. The summed E-state index contributed by atoms with van der Waals surface area (Å²) in [7, 11) is 1.99. The van der Waals surface area contributed by atoms with E-state index in [0.29, 0.717) is 6.54 Å². The molecule has 0 bridgehead atoms. The zero-order valence-electron chi connectivity index (χ0n) is 8.20. The van der Waals surface area contributed by atoms with Crippen LogP contribution in [0.4, 0.5) is 0 Å². The van der Waals surface area contributed by atoms with Gasteiger partial charge in [0.05, 0.1) is 23.4 Å². The molecule has 2 rings (SSSR count). The maximum absolute atomic E-state index is 5.53. The molecule has 0 fully saturated rings. The zero-order chi connectivity index (χ0) is 9.97. The van der Waals surface area contributed by atoms with Crippen molar-refractivity contribution in [3.63, 3.8) is 0 Å². The molecule has 0 spiro atoms. The molecule has 0 saturated heterocycles. The van der Waals surface area contributed by atoms with Gasteiger partial charge in [-0.15, -0.1) is 0 Å². The van der Waals surface area contributed by atoms with E-state index >= 15 is 0 Å². The molecule has 2 aromatic heterocycles. The minimum Gasteiger partial charge on any atom is -0.360 e. The van der Waals surface area contributed by atoms with Crippen LogP contribution < -0.4 is 5.73 Å². The standard InChI is InChI=1S/C10H14N4/c1-14-7-13-9(4-5-11)10(14)8-3-2-6-12-8/h2-3,6-7,12H,4-5,11H2,1H3. The van der Waals surface area contributed by atoms with Crippen molar-refractivity contribution in [3.8, 4) is 11.4 Å². The summed E-state index contributed by atoms with van der Waals surface area (Å²) in [5.41, 5.74) is 8.80. The second-order valence-electron chi connectivity index (χ2n) is 3.27. The SMILES string of the molecule is Cn1cnc(CCN)c1-c1ccc[nH]1. The Labute approximate surface area is 82.8 Å². The second kappa shape index (κ2) is 3.67. The van der Waals surface area contributed by atoms with Gasteiger partial charge in [-0.2, -0.15) is 0 Å². The van der Waals surface area contributed by atoms with Crippen LogP contribution in [0.15, 0.2) is 24.7 Å². The average Bonchev–Trinajstić information content (AvgIpc) is 2.76. The highest BCUT2D eigenvalue weighted by atomic mass is 15.0. The Balaban J connectivity index is 2.45. The molecular formula is C10H14N4. The van der Waals surface area contributed by atoms with Crippen molar-refractivity contribution in [1.82, 2.24) is 14.5 Å². The first-order chi connectivity index (χ1) is 6.83. The van der Waals surface area contributed by atoms with Gasteiger partial charge in [0.1, 0.15) is 0 Å². The highest BCUT2D eigenvalue weighted by Crippen LogP contribution is 2.20. The molecule has 0 unspecified atom stereocenters. The van der Waals surface area contributed by atoms with Crippen LogP contribution in [0.25, 0.3) is 11.4 Å². The number of aromatic nitrogens is 3. The highest BCUT2D eigenvalue weighted by Gasteiger charge is 2.10. The number of aryl methyl sites for hydroxylation is 1. The van der Waals surface area contributed by atoms with Gasteiger partial charge < -0.3 is 15.3 Å². The zero-order valence-corrected chi connectivity index (χ0v) is 8.20. The monoisotopic (exact) mass is 190 g/mol. The van der Waals surface area contributed by atoms with Gasteiger partial charge in [-0.25, -0.2) is 4.98 Å². The molecule has 14 heavy (non-hydrogen) atoms. The van der Waals surface area contributed by atoms with Crippen LogP contribution in [-0.2, 0) is 13.5 Å². The van der Waals surface area contributed by atoms with E-state index < -0.39 is 0 Å². The molecule has 0 atom stereocenters. The fourth-order valence-electron chi connectivity index (χ4n) is 1.62. The quantitative estimate of drug-likeness (QED) is 0.756. The van der Waals surface area contributed by atoms with Crippen molar-refractivity contribution in [2.75, 3.05) is 6.54 Å². The molecule has 0 aromatic carbocycles. The maximum Gasteiger partial charge on any atom is 0.0952 e. The first-order valence-corrected chi connectivity index (χ1v) is 4.67. The number of imidazole rings is 1. The van der Waals surface area contributed by atoms with Gasteiger partial charge in [-0.3, -0.25) is 0 Å². The van der Waals surface area contributed by atoms with E-state index in [4.69, 9.17) is 5.73 Å². The normalized spacial score (nSPS) is 10.7. The summed E-state index contributed by atoms with van der Waals surface area (Å²) < 4.78 is 2.01. The van der Waals surface area contributed by atoms with E-state index in [1.165, 1.54) is 0 Å². The largest absolute Gasteiger partial charge is 0.360 e. The van der Waals surface area contributed by atoms with Gasteiger partial charge in [0.25, 0.3) is 0 Å². The molecule has 4 nitrogen and oxygen atoms in total. The minimum atomic E-state index is 0.630. The van der Waals surface area contributed by atoms with E-state index in [0.717, 1.165) is 23.5 Å². The fraction of sp³-hybridized carbons (Fsp3) is 0.300. The Morgan fingerprint density at radius 1 is 1.57 bits per heavy atom. The third-order valence-electron chi connectivity index (χ3n) is 2.25. The number of nitrogens with two attached hydrogens (primary N) is 1. The Bertz CT molecular complexity index is 400. The van der Waals surface area contributed by atoms with E-state index in [1.807, 2.05) is 36.3 Å². The lowest BCUT2D eigenvalue weighted by atomic mass is 10.2. The first kappa shape index (κ1) is 9.02. The molecule has 0 amide bonds. The fourth-order valence-corrected chi connectivity index (χ4v) is 1.62. The van der Waals surface area contributed by atoms with Crippen LogP contribution in [0.1, 0.15) is 5.69 Å². The second-order valence-corrected chi connectivity index (χ2v) is 3.27. The van der Waals surface area contributed by atoms with Gasteiger partial charge in [0, 0.05) is 19.7 Å². The van der Waals surface area contributed by atoms with Gasteiger partial charge >= 0.3 is 0 Å². The Kier molecular flexibility index (Phi) is 2.37. The van der Waals surface area contributed by atoms with Gasteiger partial charge in [0.15, 0.2) is 0 Å². The van der Waals surface area contributed by atoms with Crippen molar-refractivity contribution in [2.45, 2.75) is 6.42 Å². The highest BCUT2D eigenvalue weighted by molar-refractivity contribution is 5.58. The Morgan fingerprint density at radius 3 is 3.07 bits per heavy atom. The first-order valence-electron chi connectivity index (χ1n) is 4.67. The molecule has 4 heteroatoms. The van der Waals surface area contributed by atoms with Crippen LogP contribution in [-0.4, -0.2) is 21.1 Å². The number of hydrogen-bond donors (Lipinski definition) is 2. The van der Waals surface area contributed by atoms with Gasteiger partial charge in [0.2, 0.25) is 0 Å². The summed E-state index contributed by atoms with van der Waals surface area (Å²) in [5, 5.41) is 0. The average molecular weight is 190 g/mol. The Hall–Kier alpha value is -1.55.